The van der Waals surface area contributed by atoms with Gasteiger partial charge < -0.3 is 34.1 Å². The average Bonchev–Trinajstić information content (AvgIpc) is 3.03. The van der Waals surface area contributed by atoms with Gasteiger partial charge in [0.1, 0.15) is 47.9 Å². The van der Waals surface area contributed by atoms with Gasteiger partial charge in [0.05, 0.1) is 29.1 Å². The molecule has 1 aliphatic rings. The molecule has 5 rings (SSSR count). The van der Waals surface area contributed by atoms with E-state index in [1.807, 2.05) is 18.2 Å². The van der Waals surface area contributed by atoms with Crippen molar-refractivity contribution in [2.45, 2.75) is 32.0 Å². The van der Waals surface area contributed by atoms with Crippen LogP contribution >= 0.6 is 11.6 Å². The van der Waals surface area contributed by atoms with Gasteiger partial charge in [0.25, 0.3) is 0 Å². The molecular weight excluding hydrogens is 597 g/mol. The second-order valence-corrected chi connectivity index (χ2v) is 11.8. The number of likely N-dealkylation sites (tertiary alicyclic amines) is 1. The lowest BCUT2D eigenvalue weighted by molar-refractivity contribution is 0.115. The molecule has 1 aliphatic heterocycles. The van der Waals surface area contributed by atoms with E-state index in [0.29, 0.717) is 46.8 Å². The van der Waals surface area contributed by atoms with Crippen molar-refractivity contribution < 1.29 is 23.3 Å². The van der Waals surface area contributed by atoms with Gasteiger partial charge in [0.2, 0.25) is 0 Å². The van der Waals surface area contributed by atoms with Gasteiger partial charge in [-0.05, 0) is 69.3 Å². The molecule has 0 saturated carbocycles. The Morgan fingerprint density at radius 1 is 1.00 bits per heavy atom. The Bertz CT molecular complexity index is 1550. The molecule has 0 bridgehead atoms. The average molecular weight is 638 g/mol. The minimum atomic E-state index is -0.307. The fourth-order valence-electron chi connectivity index (χ4n) is 5.19. The van der Waals surface area contributed by atoms with Crippen LogP contribution < -0.4 is 19.5 Å². The number of likely N-dealkylation sites (N-methyl/N-ethyl adjacent to an activating group) is 1. The Morgan fingerprint density at radius 2 is 1.84 bits per heavy atom. The third-order valence-electron chi connectivity index (χ3n) is 7.74. The second kappa shape index (κ2) is 16.0. The fraction of sp³-hybridized carbons (Fsp3) is 0.412. The number of nitrogens with one attached hydrogen (secondary N) is 1. The van der Waals surface area contributed by atoms with Gasteiger partial charge in [-0.15, -0.1) is 0 Å². The Balaban J connectivity index is 1.34. The molecule has 1 N–H and O–H groups in total. The van der Waals surface area contributed by atoms with Crippen LogP contribution in [0, 0.1) is 5.82 Å². The molecule has 45 heavy (non-hydrogen) atoms. The first kappa shape index (κ1) is 32.7. The molecule has 9 nitrogen and oxygen atoms in total. The van der Waals surface area contributed by atoms with Crippen molar-refractivity contribution in [1.29, 1.82) is 0 Å². The van der Waals surface area contributed by atoms with Gasteiger partial charge in [-0.1, -0.05) is 23.7 Å². The van der Waals surface area contributed by atoms with Crippen LogP contribution in [0.25, 0.3) is 10.9 Å². The highest BCUT2D eigenvalue weighted by atomic mass is 35.5. The Morgan fingerprint density at radius 3 is 2.62 bits per heavy atom. The van der Waals surface area contributed by atoms with Gasteiger partial charge in [-0.2, -0.15) is 0 Å². The van der Waals surface area contributed by atoms with Crippen molar-refractivity contribution >= 4 is 34.0 Å². The molecule has 4 aromatic rings. The van der Waals surface area contributed by atoms with Crippen LogP contribution in [0.1, 0.15) is 24.8 Å². The number of aromatic nitrogens is 2. The Hall–Kier alpha value is -3.70. The molecular formula is C34H41ClFN5O4. The smallest absolute Gasteiger partial charge is 0.145 e. The van der Waals surface area contributed by atoms with E-state index in [1.165, 1.54) is 18.5 Å². The normalized spacial score (nSPS) is 14.2. The molecule has 0 spiro atoms. The van der Waals surface area contributed by atoms with Gasteiger partial charge in [0.15, 0.2) is 0 Å². The number of benzene rings is 3. The van der Waals surface area contributed by atoms with Gasteiger partial charge >= 0.3 is 0 Å². The SMILES string of the molecule is COCCN(C)CCCOc1cc(OC2CCN(C)CC2)c2c(Nc3ccc(OCc4cccc(F)c4)c(Cl)c3)ncnc2c1. The summed E-state index contributed by atoms with van der Waals surface area (Å²) < 4.78 is 37.4. The minimum Gasteiger partial charge on any atom is -0.493 e. The van der Waals surface area contributed by atoms with E-state index in [-0.39, 0.29) is 18.5 Å². The zero-order valence-corrected chi connectivity index (χ0v) is 26.9. The molecule has 0 amide bonds. The highest BCUT2D eigenvalue weighted by molar-refractivity contribution is 6.32. The van der Waals surface area contributed by atoms with Crippen LogP contribution in [0.5, 0.6) is 17.2 Å². The molecule has 2 heterocycles. The molecule has 3 aromatic carbocycles. The topological polar surface area (TPSA) is 81.2 Å². The number of hydrogen-bond acceptors (Lipinski definition) is 9. The molecule has 0 atom stereocenters. The van der Waals surface area contributed by atoms with E-state index in [0.717, 1.165) is 62.1 Å². The molecule has 240 valence electrons. The summed E-state index contributed by atoms with van der Waals surface area (Å²) in [5, 5.41) is 4.58. The number of anilines is 2. The third-order valence-corrected chi connectivity index (χ3v) is 8.04. The summed E-state index contributed by atoms with van der Waals surface area (Å²) in [5.74, 6) is 2.17. The molecule has 1 fully saturated rings. The summed E-state index contributed by atoms with van der Waals surface area (Å²) in [7, 11) is 5.92. The summed E-state index contributed by atoms with van der Waals surface area (Å²) in [6.45, 7) is 5.21. The first-order valence-electron chi connectivity index (χ1n) is 15.3. The van der Waals surface area contributed by atoms with Crippen molar-refractivity contribution in [3.05, 3.63) is 77.3 Å². The predicted octanol–water partition coefficient (Wildman–Crippen LogP) is 6.57. The van der Waals surface area contributed by atoms with E-state index in [2.05, 4.69) is 39.2 Å². The summed E-state index contributed by atoms with van der Waals surface area (Å²) in [6.07, 6.45) is 4.34. The standard InChI is InChI=1S/C34H41ClFN5O4/c1-40(15-17-42-3)12-5-16-43-28-20-30-33(32(21-28)45-27-10-13-41(2)14-11-27)34(38-23-37-30)39-26-8-9-31(29(35)19-26)44-22-24-6-4-7-25(36)18-24/h4,6-9,18-21,23,27H,5,10-17,22H2,1-3H3,(H,37,38,39). The Kier molecular flexibility index (Phi) is 11.6. The highest BCUT2D eigenvalue weighted by Crippen LogP contribution is 2.38. The fourth-order valence-corrected chi connectivity index (χ4v) is 5.42. The lowest BCUT2D eigenvalue weighted by Gasteiger charge is -2.30. The number of halogens is 2. The maximum absolute atomic E-state index is 13.5. The zero-order chi connectivity index (χ0) is 31.6. The Labute approximate surface area is 269 Å². The molecule has 0 radical (unpaired) electrons. The lowest BCUT2D eigenvalue weighted by atomic mass is 10.1. The number of ether oxygens (including phenoxy) is 4. The van der Waals surface area contributed by atoms with E-state index >= 15 is 0 Å². The van der Waals surface area contributed by atoms with Crippen molar-refractivity contribution in [3.63, 3.8) is 0 Å². The van der Waals surface area contributed by atoms with E-state index in [9.17, 15) is 4.39 Å². The van der Waals surface area contributed by atoms with Gasteiger partial charge in [-0.25, -0.2) is 14.4 Å². The van der Waals surface area contributed by atoms with Crippen LogP contribution in [0.2, 0.25) is 5.02 Å². The predicted molar refractivity (Wildman–Crippen MR) is 176 cm³/mol. The highest BCUT2D eigenvalue weighted by Gasteiger charge is 2.21. The van der Waals surface area contributed by atoms with E-state index in [1.54, 1.807) is 31.4 Å². The van der Waals surface area contributed by atoms with Crippen LogP contribution in [0.3, 0.4) is 0 Å². The summed E-state index contributed by atoms with van der Waals surface area (Å²) >= 11 is 6.58. The summed E-state index contributed by atoms with van der Waals surface area (Å²) in [6, 6.07) is 15.6. The van der Waals surface area contributed by atoms with Crippen molar-refractivity contribution in [2.75, 3.05) is 65.9 Å². The van der Waals surface area contributed by atoms with Crippen LogP contribution in [-0.2, 0) is 11.3 Å². The van der Waals surface area contributed by atoms with Crippen LogP contribution in [0.15, 0.2) is 60.9 Å². The number of hydrogen-bond donors (Lipinski definition) is 1. The van der Waals surface area contributed by atoms with Gasteiger partial charge in [-0.3, -0.25) is 0 Å². The maximum Gasteiger partial charge on any atom is 0.145 e. The van der Waals surface area contributed by atoms with Crippen molar-refractivity contribution in [1.82, 2.24) is 19.8 Å². The van der Waals surface area contributed by atoms with Gasteiger partial charge in [0, 0.05) is 51.1 Å². The molecule has 1 saturated heterocycles. The van der Waals surface area contributed by atoms with E-state index in [4.69, 9.17) is 30.5 Å². The monoisotopic (exact) mass is 637 g/mol. The molecule has 1 aromatic heterocycles. The zero-order valence-electron chi connectivity index (χ0n) is 26.1. The first-order chi connectivity index (χ1) is 21.9. The number of nitrogens with zero attached hydrogens (tertiary/aromatic N) is 4. The third kappa shape index (κ3) is 9.40. The molecule has 11 heteroatoms. The number of methoxy groups -OCH3 is 1. The minimum absolute atomic E-state index is 0.0751. The number of rotatable bonds is 15. The lowest BCUT2D eigenvalue weighted by Crippen LogP contribution is -2.35. The number of fused-ring (bicyclic) bond motifs is 1. The summed E-state index contributed by atoms with van der Waals surface area (Å²) in [5.41, 5.74) is 2.16. The molecule has 0 aliphatic carbocycles. The van der Waals surface area contributed by atoms with E-state index < -0.39 is 0 Å². The second-order valence-electron chi connectivity index (χ2n) is 11.3. The summed E-state index contributed by atoms with van der Waals surface area (Å²) in [4.78, 5) is 13.7. The number of piperidine rings is 1. The quantitative estimate of drug-likeness (QED) is 0.146. The maximum atomic E-state index is 13.5. The largest absolute Gasteiger partial charge is 0.493 e. The van der Waals surface area contributed by atoms with Crippen molar-refractivity contribution in [3.8, 4) is 17.2 Å². The van der Waals surface area contributed by atoms with Crippen LogP contribution in [0.4, 0.5) is 15.9 Å². The van der Waals surface area contributed by atoms with Crippen molar-refractivity contribution in [2.24, 2.45) is 0 Å². The molecule has 0 unspecified atom stereocenters. The first-order valence-corrected chi connectivity index (χ1v) is 15.6. The van der Waals surface area contributed by atoms with Crippen LogP contribution in [-0.4, -0.2) is 86.5 Å².